The lowest BCUT2D eigenvalue weighted by Gasteiger charge is -2.25. The number of aryl methyl sites for hydroxylation is 1. The van der Waals surface area contributed by atoms with Crippen LogP contribution < -0.4 is 10.1 Å². The molecule has 4 nitrogen and oxygen atoms in total. The summed E-state index contributed by atoms with van der Waals surface area (Å²) >= 11 is 0. The summed E-state index contributed by atoms with van der Waals surface area (Å²) in [5.74, 6) is 0.837. The summed E-state index contributed by atoms with van der Waals surface area (Å²) in [6, 6.07) is 16.1. The summed E-state index contributed by atoms with van der Waals surface area (Å²) in [4.78, 5) is 14.6. The molecule has 1 fully saturated rings. The number of likely N-dealkylation sites (tertiary alicyclic amines) is 1. The van der Waals surface area contributed by atoms with Gasteiger partial charge in [-0.05, 0) is 54.7 Å². The molecule has 0 aromatic heterocycles. The highest BCUT2D eigenvalue weighted by Crippen LogP contribution is 2.33. The van der Waals surface area contributed by atoms with E-state index in [0.29, 0.717) is 0 Å². The summed E-state index contributed by atoms with van der Waals surface area (Å²) in [5.41, 5.74) is 3.27. The van der Waals surface area contributed by atoms with Crippen molar-refractivity contribution in [2.75, 3.05) is 19.0 Å². The molecule has 4 heteroatoms. The Bertz CT molecular complexity index is 680. The Morgan fingerprint density at radius 3 is 2.50 bits per heavy atom. The number of urea groups is 1. The number of methoxy groups -OCH3 is 1. The molecule has 24 heavy (non-hydrogen) atoms. The van der Waals surface area contributed by atoms with Gasteiger partial charge in [0.05, 0.1) is 13.2 Å². The fraction of sp³-hybridized carbons (Fsp3) is 0.350. The van der Waals surface area contributed by atoms with Crippen molar-refractivity contribution in [3.8, 4) is 5.75 Å². The van der Waals surface area contributed by atoms with Gasteiger partial charge in [-0.3, -0.25) is 0 Å². The monoisotopic (exact) mass is 324 g/mol. The minimum atomic E-state index is -0.0300. The van der Waals surface area contributed by atoms with Crippen LogP contribution in [0.15, 0.2) is 48.5 Å². The van der Waals surface area contributed by atoms with Crippen LogP contribution in [0.4, 0.5) is 10.5 Å². The predicted molar refractivity (Wildman–Crippen MR) is 96.5 cm³/mol. The number of carbonyl (C=O) groups excluding carboxylic acids is 1. The van der Waals surface area contributed by atoms with Gasteiger partial charge in [0, 0.05) is 12.2 Å². The maximum atomic E-state index is 12.7. The highest BCUT2D eigenvalue weighted by atomic mass is 16.5. The molecule has 0 bridgehead atoms. The zero-order valence-corrected chi connectivity index (χ0v) is 14.3. The van der Waals surface area contributed by atoms with Crippen LogP contribution in [0.1, 0.15) is 36.9 Å². The Labute approximate surface area is 143 Å². The lowest BCUT2D eigenvalue weighted by molar-refractivity contribution is 0.207. The largest absolute Gasteiger partial charge is 0.497 e. The zero-order chi connectivity index (χ0) is 16.9. The summed E-state index contributed by atoms with van der Waals surface area (Å²) in [6.45, 7) is 2.91. The summed E-state index contributed by atoms with van der Waals surface area (Å²) in [7, 11) is 1.66. The SMILES string of the molecule is CCc1ccc(NC(=O)N2CCC[C@H]2c2ccc(OC)cc2)cc1. The van der Waals surface area contributed by atoms with Crippen molar-refractivity contribution in [2.24, 2.45) is 0 Å². The molecule has 0 spiro atoms. The van der Waals surface area contributed by atoms with Crippen molar-refractivity contribution in [2.45, 2.75) is 32.2 Å². The van der Waals surface area contributed by atoms with E-state index in [0.717, 1.165) is 42.8 Å². The number of nitrogens with zero attached hydrogens (tertiary/aromatic N) is 1. The van der Waals surface area contributed by atoms with Crippen LogP contribution in [0.2, 0.25) is 0 Å². The number of rotatable bonds is 4. The second-order valence-electron chi connectivity index (χ2n) is 6.11. The van der Waals surface area contributed by atoms with Crippen LogP contribution in [-0.2, 0) is 6.42 Å². The molecule has 1 aliphatic rings. The van der Waals surface area contributed by atoms with Gasteiger partial charge in [0.2, 0.25) is 0 Å². The molecule has 1 aliphatic heterocycles. The molecule has 126 valence electrons. The number of nitrogens with one attached hydrogen (secondary N) is 1. The topological polar surface area (TPSA) is 41.6 Å². The van der Waals surface area contributed by atoms with Crippen LogP contribution in [0.5, 0.6) is 5.75 Å². The van der Waals surface area contributed by atoms with E-state index in [2.05, 4.69) is 24.4 Å². The molecule has 2 aromatic rings. The minimum Gasteiger partial charge on any atom is -0.497 e. The second kappa shape index (κ2) is 7.39. The van der Waals surface area contributed by atoms with Gasteiger partial charge in [-0.2, -0.15) is 0 Å². The Balaban J connectivity index is 1.70. The van der Waals surface area contributed by atoms with Crippen LogP contribution in [0.3, 0.4) is 0 Å². The van der Waals surface area contributed by atoms with E-state index in [1.807, 2.05) is 41.3 Å². The quantitative estimate of drug-likeness (QED) is 0.891. The number of hydrogen-bond acceptors (Lipinski definition) is 2. The number of anilines is 1. The molecule has 1 heterocycles. The molecule has 2 amide bonds. The normalized spacial score (nSPS) is 16.9. The number of ether oxygens (including phenoxy) is 1. The predicted octanol–water partition coefficient (Wildman–Crippen LogP) is 4.63. The fourth-order valence-electron chi connectivity index (χ4n) is 3.20. The standard InChI is InChI=1S/C20H24N2O2/c1-3-15-6-10-17(11-7-15)21-20(23)22-14-4-5-19(22)16-8-12-18(24-2)13-9-16/h6-13,19H,3-5,14H2,1-2H3,(H,21,23)/t19-/m0/s1. The first kappa shape index (κ1) is 16.4. The van der Waals surface area contributed by atoms with Gasteiger partial charge in [-0.1, -0.05) is 31.2 Å². The summed E-state index contributed by atoms with van der Waals surface area (Å²) < 4.78 is 5.21. The first-order valence-electron chi connectivity index (χ1n) is 8.51. The number of hydrogen-bond donors (Lipinski definition) is 1. The van der Waals surface area contributed by atoms with Gasteiger partial charge in [0.25, 0.3) is 0 Å². The van der Waals surface area contributed by atoms with E-state index >= 15 is 0 Å². The molecule has 0 radical (unpaired) electrons. The lowest BCUT2D eigenvalue weighted by Crippen LogP contribution is -2.34. The Kier molecular flexibility index (Phi) is 5.04. The van der Waals surface area contributed by atoms with Crippen molar-refractivity contribution < 1.29 is 9.53 Å². The van der Waals surface area contributed by atoms with Crippen molar-refractivity contribution in [3.05, 3.63) is 59.7 Å². The molecular weight excluding hydrogens is 300 g/mol. The summed E-state index contributed by atoms with van der Waals surface area (Å²) in [6.07, 6.45) is 3.02. The zero-order valence-electron chi connectivity index (χ0n) is 14.3. The summed E-state index contributed by atoms with van der Waals surface area (Å²) in [5, 5.41) is 3.02. The van der Waals surface area contributed by atoms with E-state index < -0.39 is 0 Å². The smallest absolute Gasteiger partial charge is 0.322 e. The van der Waals surface area contributed by atoms with E-state index in [1.54, 1.807) is 7.11 Å². The Morgan fingerprint density at radius 2 is 1.88 bits per heavy atom. The first-order chi connectivity index (χ1) is 11.7. The second-order valence-corrected chi connectivity index (χ2v) is 6.11. The highest BCUT2D eigenvalue weighted by Gasteiger charge is 2.29. The van der Waals surface area contributed by atoms with Crippen molar-refractivity contribution in [1.82, 2.24) is 4.90 Å². The maximum absolute atomic E-state index is 12.7. The first-order valence-corrected chi connectivity index (χ1v) is 8.51. The molecular formula is C20H24N2O2. The van der Waals surface area contributed by atoms with Crippen molar-refractivity contribution in [1.29, 1.82) is 0 Å². The van der Waals surface area contributed by atoms with Crippen LogP contribution in [0.25, 0.3) is 0 Å². The molecule has 0 aliphatic carbocycles. The molecule has 1 saturated heterocycles. The van der Waals surface area contributed by atoms with Gasteiger partial charge in [-0.15, -0.1) is 0 Å². The van der Waals surface area contributed by atoms with Crippen LogP contribution in [0, 0.1) is 0 Å². The third-order valence-corrected chi connectivity index (χ3v) is 4.63. The Morgan fingerprint density at radius 1 is 1.17 bits per heavy atom. The third kappa shape index (κ3) is 3.53. The van der Waals surface area contributed by atoms with Gasteiger partial charge < -0.3 is 15.0 Å². The third-order valence-electron chi connectivity index (χ3n) is 4.63. The molecule has 1 atom stereocenters. The molecule has 1 N–H and O–H groups in total. The van der Waals surface area contributed by atoms with E-state index in [1.165, 1.54) is 5.56 Å². The minimum absolute atomic E-state index is 0.0300. The average Bonchev–Trinajstić information content (AvgIpc) is 3.12. The van der Waals surface area contributed by atoms with Crippen molar-refractivity contribution >= 4 is 11.7 Å². The van der Waals surface area contributed by atoms with Crippen molar-refractivity contribution in [3.63, 3.8) is 0 Å². The molecule has 0 saturated carbocycles. The number of amides is 2. The average molecular weight is 324 g/mol. The van der Waals surface area contributed by atoms with Gasteiger partial charge in [-0.25, -0.2) is 4.79 Å². The van der Waals surface area contributed by atoms with Gasteiger partial charge in [0.1, 0.15) is 5.75 Å². The van der Waals surface area contributed by atoms with E-state index in [4.69, 9.17) is 4.74 Å². The van der Waals surface area contributed by atoms with E-state index in [-0.39, 0.29) is 12.1 Å². The maximum Gasteiger partial charge on any atom is 0.322 e. The van der Waals surface area contributed by atoms with Crippen LogP contribution in [-0.4, -0.2) is 24.6 Å². The van der Waals surface area contributed by atoms with Gasteiger partial charge >= 0.3 is 6.03 Å². The Hall–Kier alpha value is -2.49. The van der Waals surface area contributed by atoms with Gasteiger partial charge in [0.15, 0.2) is 0 Å². The molecule has 0 unspecified atom stereocenters. The number of carbonyl (C=O) groups is 1. The fourth-order valence-corrected chi connectivity index (χ4v) is 3.20. The van der Waals surface area contributed by atoms with E-state index in [9.17, 15) is 4.79 Å². The van der Waals surface area contributed by atoms with Crippen LogP contribution >= 0.6 is 0 Å². The number of benzene rings is 2. The molecule has 3 rings (SSSR count). The lowest BCUT2D eigenvalue weighted by atomic mass is 10.0. The highest BCUT2D eigenvalue weighted by molar-refractivity contribution is 5.89. The molecule has 2 aromatic carbocycles.